The fourth-order valence-electron chi connectivity index (χ4n) is 3.07. The van der Waals surface area contributed by atoms with E-state index in [-0.39, 0.29) is 0 Å². The van der Waals surface area contributed by atoms with Gasteiger partial charge < -0.3 is 10.2 Å². The molecule has 2 aromatic rings. The molecule has 0 amide bonds. The third-order valence-electron chi connectivity index (χ3n) is 4.70. The first-order valence-electron chi connectivity index (χ1n) is 8.45. The van der Waals surface area contributed by atoms with Gasteiger partial charge in [0.15, 0.2) is 5.11 Å². The van der Waals surface area contributed by atoms with E-state index in [0.29, 0.717) is 5.92 Å². The lowest BCUT2D eigenvalue weighted by Crippen LogP contribution is -2.38. The number of hydrogen-bond donors (Lipinski definition) is 1. The van der Waals surface area contributed by atoms with E-state index in [1.807, 2.05) is 0 Å². The Hall–Kier alpha value is -1.87. The van der Waals surface area contributed by atoms with Crippen LogP contribution in [-0.4, -0.2) is 11.7 Å². The molecule has 120 valence electrons. The zero-order chi connectivity index (χ0) is 16.2. The number of fused-ring (bicyclic) bond motifs is 1. The fourth-order valence-corrected chi connectivity index (χ4v) is 3.37. The van der Waals surface area contributed by atoms with Gasteiger partial charge in [0.2, 0.25) is 0 Å². The van der Waals surface area contributed by atoms with Gasteiger partial charge in [-0.1, -0.05) is 44.2 Å². The van der Waals surface area contributed by atoms with E-state index in [0.717, 1.165) is 36.6 Å². The van der Waals surface area contributed by atoms with Gasteiger partial charge in [-0.3, -0.25) is 0 Å². The maximum atomic E-state index is 5.65. The molecule has 3 heteroatoms. The van der Waals surface area contributed by atoms with Crippen LogP contribution in [0.3, 0.4) is 0 Å². The lowest BCUT2D eigenvalue weighted by molar-refractivity contribution is 0.734. The molecule has 1 aliphatic rings. The van der Waals surface area contributed by atoms with Gasteiger partial charge >= 0.3 is 0 Å². The highest BCUT2D eigenvalue weighted by Gasteiger charge is 2.19. The lowest BCUT2D eigenvalue weighted by atomic mass is 9.99. The summed E-state index contributed by atoms with van der Waals surface area (Å²) in [6, 6.07) is 17.2. The Kier molecular flexibility index (Phi) is 4.97. The number of hydrogen-bond acceptors (Lipinski definition) is 1. The Morgan fingerprint density at radius 2 is 1.91 bits per heavy atom. The fraction of sp³-hybridized carbons (Fsp3) is 0.350. The number of para-hydroxylation sites is 1. The summed E-state index contributed by atoms with van der Waals surface area (Å²) in [6.07, 6.45) is 3.44. The van der Waals surface area contributed by atoms with Crippen LogP contribution >= 0.6 is 12.2 Å². The molecule has 0 spiro atoms. The van der Waals surface area contributed by atoms with Crippen molar-refractivity contribution in [2.75, 3.05) is 16.8 Å². The van der Waals surface area contributed by atoms with Crippen molar-refractivity contribution in [2.45, 2.75) is 39.0 Å². The van der Waals surface area contributed by atoms with Crippen molar-refractivity contribution < 1.29 is 0 Å². The molecule has 0 saturated carbocycles. The minimum Gasteiger partial charge on any atom is -0.332 e. The number of aryl methyl sites for hydroxylation is 1. The summed E-state index contributed by atoms with van der Waals surface area (Å²) in [5.41, 5.74) is 5.07. The summed E-state index contributed by atoms with van der Waals surface area (Å²) in [5, 5.41) is 4.18. The predicted molar refractivity (Wildman–Crippen MR) is 103 cm³/mol. The molecule has 2 nitrogen and oxygen atoms in total. The largest absolute Gasteiger partial charge is 0.332 e. The van der Waals surface area contributed by atoms with E-state index in [1.165, 1.54) is 16.8 Å². The second-order valence-electron chi connectivity index (χ2n) is 6.25. The molecule has 0 aromatic heterocycles. The molecule has 1 N–H and O–H groups in total. The highest BCUT2D eigenvalue weighted by atomic mass is 32.1. The van der Waals surface area contributed by atoms with Crippen LogP contribution in [0.5, 0.6) is 0 Å². The van der Waals surface area contributed by atoms with Crippen LogP contribution in [0.4, 0.5) is 11.4 Å². The van der Waals surface area contributed by atoms with Crippen LogP contribution in [0.1, 0.15) is 43.7 Å². The number of rotatable bonds is 3. The van der Waals surface area contributed by atoms with Crippen LogP contribution < -0.4 is 10.2 Å². The van der Waals surface area contributed by atoms with Crippen LogP contribution in [0.2, 0.25) is 0 Å². The number of nitrogens with one attached hydrogen (secondary N) is 1. The van der Waals surface area contributed by atoms with Crippen molar-refractivity contribution in [1.29, 1.82) is 0 Å². The molecule has 1 heterocycles. The van der Waals surface area contributed by atoms with Gasteiger partial charge in [-0.05, 0) is 66.7 Å². The molecule has 2 aromatic carbocycles. The number of nitrogens with zero attached hydrogens (tertiary/aromatic N) is 1. The topological polar surface area (TPSA) is 15.3 Å². The third kappa shape index (κ3) is 3.56. The average molecular weight is 324 g/mol. The maximum Gasteiger partial charge on any atom is 0.177 e. The van der Waals surface area contributed by atoms with Gasteiger partial charge in [-0.25, -0.2) is 0 Å². The molecule has 1 unspecified atom stereocenters. The summed E-state index contributed by atoms with van der Waals surface area (Å²) in [6.45, 7) is 5.46. The molecule has 0 radical (unpaired) electrons. The Bertz CT molecular complexity index is 678. The van der Waals surface area contributed by atoms with Gasteiger partial charge in [0.05, 0.1) is 0 Å². The Balaban J connectivity index is 1.73. The average Bonchev–Trinajstić information content (AvgIpc) is 2.61. The van der Waals surface area contributed by atoms with Crippen LogP contribution in [0.15, 0.2) is 48.5 Å². The summed E-state index contributed by atoms with van der Waals surface area (Å²) in [4.78, 5) is 2.22. The predicted octanol–water partition coefficient (Wildman–Crippen LogP) is 5.35. The summed E-state index contributed by atoms with van der Waals surface area (Å²) >= 11 is 5.65. The first kappa shape index (κ1) is 16.0. The molecular formula is C20H24N2S. The van der Waals surface area contributed by atoms with Crippen LogP contribution in [0, 0.1) is 0 Å². The number of thiocarbonyl (C=S) groups is 1. The standard InChI is InChI=1S/C20H24N2S/c1-3-15(2)16-10-12-18(13-11-16)21-20(23)22-14-6-8-17-7-4-5-9-19(17)22/h4-5,7,9-13,15H,3,6,8,14H2,1-2H3,(H,21,23). The SMILES string of the molecule is CCC(C)c1ccc(NC(=S)N2CCCc3ccccc32)cc1. The Morgan fingerprint density at radius 1 is 1.17 bits per heavy atom. The third-order valence-corrected chi connectivity index (χ3v) is 5.02. The van der Waals surface area contributed by atoms with E-state index < -0.39 is 0 Å². The molecule has 0 bridgehead atoms. The van der Waals surface area contributed by atoms with Crippen molar-refractivity contribution in [3.8, 4) is 0 Å². The first-order chi connectivity index (χ1) is 11.2. The van der Waals surface area contributed by atoms with Gasteiger partial charge in [0.25, 0.3) is 0 Å². The normalized spacial score (nSPS) is 15.0. The minimum absolute atomic E-state index is 0.602. The smallest absolute Gasteiger partial charge is 0.177 e. The van der Waals surface area contributed by atoms with Gasteiger partial charge in [0.1, 0.15) is 0 Å². The zero-order valence-corrected chi connectivity index (χ0v) is 14.7. The van der Waals surface area contributed by atoms with Crippen LogP contribution in [0.25, 0.3) is 0 Å². The molecule has 0 saturated heterocycles. The second-order valence-corrected chi connectivity index (χ2v) is 6.63. The highest BCUT2D eigenvalue weighted by Crippen LogP contribution is 2.27. The molecular weight excluding hydrogens is 300 g/mol. The molecule has 23 heavy (non-hydrogen) atoms. The van der Waals surface area contributed by atoms with E-state index in [1.54, 1.807) is 0 Å². The number of benzene rings is 2. The van der Waals surface area contributed by atoms with E-state index >= 15 is 0 Å². The van der Waals surface area contributed by atoms with Crippen molar-refractivity contribution in [1.82, 2.24) is 0 Å². The van der Waals surface area contributed by atoms with Crippen molar-refractivity contribution >= 4 is 28.7 Å². The van der Waals surface area contributed by atoms with E-state index in [2.05, 4.69) is 72.6 Å². The minimum atomic E-state index is 0.602. The monoisotopic (exact) mass is 324 g/mol. The Labute approximate surface area is 144 Å². The summed E-state index contributed by atoms with van der Waals surface area (Å²) in [5.74, 6) is 0.602. The first-order valence-corrected chi connectivity index (χ1v) is 8.86. The lowest BCUT2D eigenvalue weighted by Gasteiger charge is -2.31. The van der Waals surface area contributed by atoms with Crippen molar-refractivity contribution in [3.63, 3.8) is 0 Å². The zero-order valence-electron chi connectivity index (χ0n) is 13.9. The molecule has 0 fully saturated rings. The second kappa shape index (κ2) is 7.14. The van der Waals surface area contributed by atoms with Gasteiger partial charge in [0, 0.05) is 17.9 Å². The molecule has 3 rings (SSSR count). The number of anilines is 2. The molecule has 1 aliphatic heterocycles. The van der Waals surface area contributed by atoms with Crippen molar-refractivity contribution in [2.24, 2.45) is 0 Å². The quantitative estimate of drug-likeness (QED) is 0.766. The molecule has 0 aliphatic carbocycles. The van der Waals surface area contributed by atoms with E-state index in [4.69, 9.17) is 12.2 Å². The van der Waals surface area contributed by atoms with Gasteiger partial charge in [-0.2, -0.15) is 0 Å². The highest BCUT2D eigenvalue weighted by molar-refractivity contribution is 7.80. The maximum absolute atomic E-state index is 5.65. The van der Waals surface area contributed by atoms with Crippen molar-refractivity contribution in [3.05, 3.63) is 59.7 Å². The van der Waals surface area contributed by atoms with Crippen LogP contribution in [-0.2, 0) is 6.42 Å². The summed E-state index contributed by atoms with van der Waals surface area (Å²) < 4.78 is 0. The Morgan fingerprint density at radius 3 is 2.65 bits per heavy atom. The molecule has 1 atom stereocenters. The van der Waals surface area contributed by atoms with E-state index in [9.17, 15) is 0 Å². The summed E-state index contributed by atoms with van der Waals surface area (Å²) in [7, 11) is 0. The van der Waals surface area contributed by atoms with Gasteiger partial charge in [-0.15, -0.1) is 0 Å².